The summed E-state index contributed by atoms with van der Waals surface area (Å²) in [5, 5.41) is 2.50. The maximum absolute atomic E-state index is 13.9. The second kappa shape index (κ2) is 10.7. The molecule has 0 aliphatic carbocycles. The number of hydrogen-bond donors (Lipinski definition) is 0. The first kappa shape index (κ1) is 26.9. The van der Waals surface area contributed by atoms with Gasteiger partial charge in [0.05, 0.1) is 48.3 Å². The van der Waals surface area contributed by atoms with Crippen LogP contribution in [0.25, 0.3) is 11.3 Å². The van der Waals surface area contributed by atoms with Gasteiger partial charge < -0.3 is 0 Å². The third kappa shape index (κ3) is 5.73. The van der Waals surface area contributed by atoms with E-state index in [0.717, 1.165) is 27.4 Å². The van der Waals surface area contributed by atoms with Crippen LogP contribution in [0, 0.1) is 5.82 Å². The Balaban J connectivity index is 2.02. The second-order valence-corrected chi connectivity index (χ2v) is 15.4. The highest BCUT2D eigenvalue weighted by atomic mass is 32.2. The van der Waals surface area contributed by atoms with Gasteiger partial charge in [0.1, 0.15) is 5.82 Å². The van der Waals surface area contributed by atoms with E-state index in [-0.39, 0.29) is 17.7 Å². The zero-order valence-corrected chi connectivity index (χ0v) is 23.5. The van der Waals surface area contributed by atoms with Crippen molar-refractivity contribution in [2.45, 2.75) is 25.9 Å². The lowest BCUT2D eigenvalue weighted by Gasteiger charge is -2.27. The average Bonchev–Trinajstić information content (AvgIpc) is 2.89. The van der Waals surface area contributed by atoms with Crippen molar-refractivity contribution in [3.8, 4) is 11.3 Å². The number of anilines is 1. The highest BCUT2D eigenvalue weighted by Gasteiger charge is 2.40. The first-order valence-electron chi connectivity index (χ1n) is 12.1. The Labute approximate surface area is 219 Å². The standard InChI is InChI=1S/C29H32FN3O2PS/c1-21(2)27-26(20-36(4,24-12-8-6-9-13-24)25-14-10-7-11-15-25)28(22-16-18-23(30)19-17-22)32-29(31-27)33(3)37(5,34)35/h6-19,21H,20H2,1-5H3/q+1. The van der Waals surface area contributed by atoms with Crippen molar-refractivity contribution < 1.29 is 12.8 Å². The molecule has 0 amide bonds. The summed E-state index contributed by atoms with van der Waals surface area (Å²) in [6, 6.07) is 27.1. The molecule has 192 valence electrons. The maximum Gasteiger partial charge on any atom is 0.239 e. The number of sulfonamides is 1. The zero-order chi connectivity index (χ0) is 26.8. The minimum Gasteiger partial charge on any atom is -0.241 e. The molecule has 0 atom stereocenters. The van der Waals surface area contributed by atoms with Gasteiger partial charge >= 0.3 is 0 Å². The van der Waals surface area contributed by atoms with Gasteiger partial charge in [0, 0.05) is 18.2 Å². The first-order chi connectivity index (χ1) is 17.5. The molecule has 5 nitrogen and oxygen atoms in total. The number of aromatic nitrogens is 2. The summed E-state index contributed by atoms with van der Waals surface area (Å²) in [7, 11) is -4.11. The van der Waals surface area contributed by atoms with E-state index in [1.807, 2.05) is 26.0 Å². The highest BCUT2D eigenvalue weighted by Crippen LogP contribution is 2.57. The molecule has 8 heteroatoms. The molecular weight excluding hydrogens is 504 g/mol. The van der Waals surface area contributed by atoms with E-state index in [1.54, 1.807) is 12.1 Å². The molecule has 0 aliphatic heterocycles. The van der Waals surface area contributed by atoms with Crippen molar-refractivity contribution in [1.29, 1.82) is 0 Å². The van der Waals surface area contributed by atoms with Crippen molar-refractivity contribution in [1.82, 2.24) is 9.97 Å². The van der Waals surface area contributed by atoms with Gasteiger partial charge in [0.2, 0.25) is 16.0 Å². The molecule has 4 rings (SSSR count). The maximum atomic E-state index is 13.9. The van der Waals surface area contributed by atoms with E-state index in [4.69, 9.17) is 9.97 Å². The lowest BCUT2D eigenvalue weighted by atomic mass is 9.99. The lowest BCUT2D eigenvalue weighted by molar-refractivity contribution is 0.599. The van der Waals surface area contributed by atoms with Crippen LogP contribution in [0.15, 0.2) is 84.9 Å². The summed E-state index contributed by atoms with van der Waals surface area (Å²) in [6.07, 6.45) is 1.80. The number of hydrogen-bond acceptors (Lipinski definition) is 4. The van der Waals surface area contributed by atoms with E-state index in [2.05, 4.69) is 55.2 Å². The van der Waals surface area contributed by atoms with Gasteiger partial charge in [-0.25, -0.2) is 27.1 Å². The van der Waals surface area contributed by atoms with E-state index >= 15 is 0 Å². The molecule has 37 heavy (non-hydrogen) atoms. The van der Waals surface area contributed by atoms with Gasteiger partial charge in [0.15, 0.2) is 0 Å². The molecule has 1 heterocycles. The van der Waals surface area contributed by atoms with Gasteiger partial charge in [-0.2, -0.15) is 0 Å². The molecule has 3 aromatic carbocycles. The van der Waals surface area contributed by atoms with Crippen LogP contribution in [0.3, 0.4) is 0 Å². The van der Waals surface area contributed by atoms with Crippen LogP contribution in [0.1, 0.15) is 31.0 Å². The van der Waals surface area contributed by atoms with E-state index in [9.17, 15) is 12.8 Å². The smallest absolute Gasteiger partial charge is 0.239 e. The second-order valence-electron chi connectivity index (χ2n) is 9.65. The molecule has 0 saturated carbocycles. The zero-order valence-electron chi connectivity index (χ0n) is 21.8. The van der Waals surface area contributed by atoms with Gasteiger partial charge in [-0.05, 0) is 54.4 Å². The molecule has 0 saturated heterocycles. The van der Waals surface area contributed by atoms with Gasteiger partial charge in [-0.1, -0.05) is 50.2 Å². The summed E-state index contributed by atoms with van der Waals surface area (Å²) in [5.41, 5.74) is 3.09. The monoisotopic (exact) mass is 536 g/mol. The van der Waals surface area contributed by atoms with Crippen LogP contribution >= 0.6 is 7.26 Å². The van der Waals surface area contributed by atoms with Gasteiger partial charge in [-0.15, -0.1) is 0 Å². The predicted molar refractivity (Wildman–Crippen MR) is 153 cm³/mol. The van der Waals surface area contributed by atoms with E-state index < -0.39 is 17.3 Å². The van der Waals surface area contributed by atoms with Crippen molar-refractivity contribution in [3.63, 3.8) is 0 Å². The van der Waals surface area contributed by atoms with Gasteiger partial charge in [0.25, 0.3) is 0 Å². The highest BCUT2D eigenvalue weighted by molar-refractivity contribution is 7.92. The summed E-state index contributed by atoms with van der Waals surface area (Å²) in [4.78, 5) is 9.58. The molecule has 0 N–H and O–H groups in total. The Morgan fingerprint density at radius 1 is 0.865 bits per heavy atom. The number of nitrogens with zero attached hydrogens (tertiary/aromatic N) is 3. The summed E-state index contributed by atoms with van der Waals surface area (Å²) >= 11 is 0. The third-order valence-corrected chi connectivity index (χ3v) is 11.6. The third-order valence-electron chi connectivity index (χ3n) is 6.60. The Morgan fingerprint density at radius 2 is 1.38 bits per heavy atom. The Kier molecular flexibility index (Phi) is 7.77. The van der Waals surface area contributed by atoms with Crippen LogP contribution in [-0.4, -0.2) is 38.4 Å². The van der Waals surface area contributed by atoms with E-state index in [1.165, 1.54) is 29.8 Å². The molecule has 0 aliphatic rings. The first-order valence-corrected chi connectivity index (χ1v) is 16.3. The number of benzene rings is 3. The normalized spacial score (nSPS) is 12.1. The SMILES string of the molecule is CC(C)c1nc(N(C)S(C)(=O)=O)nc(-c2ccc(F)cc2)c1C[P+](C)(c1ccccc1)c1ccccc1. The fraction of sp³-hybridized carbons (Fsp3) is 0.241. The molecule has 0 bridgehead atoms. The minimum atomic E-state index is -3.58. The number of rotatable bonds is 8. The minimum absolute atomic E-state index is 0.00362. The topological polar surface area (TPSA) is 63.2 Å². The quantitative estimate of drug-likeness (QED) is 0.275. The van der Waals surface area contributed by atoms with Crippen molar-refractivity contribution in [2.24, 2.45) is 0 Å². The fourth-order valence-electron chi connectivity index (χ4n) is 4.42. The summed E-state index contributed by atoms with van der Waals surface area (Å²) in [6.45, 7) is 6.41. The molecule has 1 aromatic heterocycles. The van der Waals surface area contributed by atoms with Crippen LogP contribution in [-0.2, 0) is 16.2 Å². The Bertz CT molecular complexity index is 1440. The fourth-order valence-corrected chi connectivity index (χ4v) is 8.07. The van der Waals surface area contributed by atoms with Crippen molar-refractivity contribution >= 4 is 33.8 Å². The van der Waals surface area contributed by atoms with E-state index in [0.29, 0.717) is 11.9 Å². The largest absolute Gasteiger partial charge is 0.241 e. The van der Waals surface area contributed by atoms with Crippen molar-refractivity contribution in [2.75, 3.05) is 24.3 Å². The van der Waals surface area contributed by atoms with Crippen LogP contribution in [0.2, 0.25) is 0 Å². The van der Waals surface area contributed by atoms with Crippen LogP contribution in [0.5, 0.6) is 0 Å². The Hall–Kier alpha value is -3.15. The molecule has 4 aromatic rings. The molecule has 0 fully saturated rings. The summed E-state index contributed by atoms with van der Waals surface area (Å²) in [5.74, 6) is -0.236. The van der Waals surface area contributed by atoms with Gasteiger partial charge in [-0.3, -0.25) is 0 Å². The summed E-state index contributed by atoms with van der Waals surface area (Å²) < 4.78 is 39.8. The predicted octanol–water partition coefficient (Wildman–Crippen LogP) is 5.60. The average molecular weight is 537 g/mol. The van der Waals surface area contributed by atoms with Crippen LogP contribution in [0.4, 0.5) is 10.3 Å². The number of halogens is 1. The molecule has 0 radical (unpaired) electrons. The Morgan fingerprint density at radius 3 is 1.84 bits per heavy atom. The van der Waals surface area contributed by atoms with Crippen molar-refractivity contribution in [3.05, 3.63) is 102 Å². The molecule has 0 spiro atoms. The molecule has 0 unspecified atom stereocenters. The molecular formula is C29H32FN3O2PS+. The lowest BCUT2D eigenvalue weighted by Crippen LogP contribution is -2.28. The van der Waals surface area contributed by atoms with Crippen LogP contribution < -0.4 is 14.9 Å².